The highest BCUT2D eigenvalue weighted by Gasteiger charge is 2.48. The van der Waals surface area contributed by atoms with E-state index in [0.717, 1.165) is 35.5 Å². The van der Waals surface area contributed by atoms with Gasteiger partial charge in [-0.1, -0.05) is 57.2 Å². The van der Waals surface area contributed by atoms with Gasteiger partial charge in [0.2, 0.25) is 17.3 Å². The molecule has 0 spiro atoms. The van der Waals surface area contributed by atoms with Crippen molar-refractivity contribution in [2.45, 2.75) is 50.8 Å². The van der Waals surface area contributed by atoms with Crippen molar-refractivity contribution >= 4 is 36.5 Å². The average molecular weight is 491 g/mol. The van der Waals surface area contributed by atoms with Crippen LogP contribution in [-0.4, -0.2) is 48.9 Å². The van der Waals surface area contributed by atoms with Crippen molar-refractivity contribution in [1.29, 1.82) is 0 Å². The Morgan fingerprint density at radius 1 is 0.919 bits per heavy atom. The zero-order chi connectivity index (χ0) is 26.7. The summed E-state index contributed by atoms with van der Waals surface area (Å²) in [5.74, 6) is -1.70. The van der Waals surface area contributed by atoms with E-state index in [4.69, 9.17) is 7.85 Å². The van der Waals surface area contributed by atoms with Gasteiger partial charge >= 0.3 is 0 Å². The predicted molar refractivity (Wildman–Crippen MR) is 148 cm³/mol. The van der Waals surface area contributed by atoms with Crippen LogP contribution >= 0.6 is 0 Å². The Kier molecular flexibility index (Phi) is 5.89. The molecule has 6 heteroatoms. The molecule has 2 aliphatic heterocycles. The number of aliphatic hydroxyl groups excluding tert-OH is 1. The highest BCUT2D eigenvalue weighted by atomic mass is 16.3. The molecule has 0 amide bonds. The molecule has 0 saturated carbocycles. The molecule has 2 heterocycles. The van der Waals surface area contributed by atoms with Gasteiger partial charge in [0.15, 0.2) is 5.71 Å². The minimum absolute atomic E-state index is 0.00783. The molecule has 1 N–H and O–H groups in total. The maximum absolute atomic E-state index is 13.3. The third kappa shape index (κ3) is 3.27. The molecule has 1 atom stereocenters. The van der Waals surface area contributed by atoms with Gasteiger partial charge in [-0.3, -0.25) is 9.59 Å². The zero-order valence-corrected chi connectivity index (χ0v) is 22.1. The van der Waals surface area contributed by atoms with Crippen LogP contribution in [0, 0.1) is 0 Å². The first-order valence-electron chi connectivity index (χ1n) is 13.0. The molecule has 2 radical (unpaired) electrons. The fourth-order valence-corrected chi connectivity index (χ4v) is 6.44. The van der Waals surface area contributed by atoms with Gasteiger partial charge in [0.1, 0.15) is 12.8 Å². The molecule has 186 valence electrons. The van der Waals surface area contributed by atoms with Gasteiger partial charge in [0, 0.05) is 46.9 Å². The van der Waals surface area contributed by atoms with E-state index in [0.29, 0.717) is 12.1 Å². The Morgan fingerprint density at radius 3 is 2.19 bits per heavy atom. The monoisotopic (exact) mass is 491 g/mol. The first kappa shape index (κ1) is 25.0. The number of aliphatic hydroxyl groups is 1. The third-order valence-corrected chi connectivity index (χ3v) is 8.73. The predicted octanol–water partition coefficient (Wildman–Crippen LogP) is 5.17. The van der Waals surface area contributed by atoms with Gasteiger partial charge in [0.05, 0.1) is 19.0 Å². The Hall–Kier alpha value is -3.67. The number of hydrogen-bond donors (Lipinski definition) is 1. The van der Waals surface area contributed by atoms with Crippen LogP contribution in [0.25, 0.3) is 0 Å². The van der Waals surface area contributed by atoms with Gasteiger partial charge in [-0.05, 0) is 37.0 Å². The van der Waals surface area contributed by atoms with Crippen LogP contribution in [0.4, 0.5) is 11.4 Å². The summed E-state index contributed by atoms with van der Waals surface area (Å²) >= 11 is 0. The minimum Gasteiger partial charge on any atom is -0.506 e. The van der Waals surface area contributed by atoms with Gasteiger partial charge in [-0.25, -0.2) is 0 Å². The van der Waals surface area contributed by atoms with Crippen molar-refractivity contribution in [2.24, 2.45) is 0 Å². The quantitative estimate of drug-likeness (QED) is 0.271. The lowest BCUT2D eigenvalue weighted by atomic mass is 9.60. The summed E-state index contributed by atoms with van der Waals surface area (Å²) in [4.78, 5) is 28.6. The van der Waals surface area contributed by atoms with Crippen molar-refractivity contribution < 1.29 is 19.3 Å². The van der Waals surface area contributed by atoms with Crippen molar-refractivity contribution in [3.05, 3.63) is 94.4 Å². The van der Waals surface area contributed by atoms with Gasteiger partial charge in [-0.15, -0.1) is 0 Å². The number of fused-ring (bicyclic) bond motifs is 2. The van der Waals surface area contributed by atoms with E-state index in [-0.39, 0.29) is 22.3 Å². The van der Waals surface area contributed by atoms with E-state index in [1.54, 1.807) is 12.2 Å². The molecule has 5 nitrogen and oxygen atoms in total. The summed E-state index contributed by atoms with van der Waals surface area (Å²) in [6.07, 6.45) is 5.56. The van der Waals surface area contributed by atoms with Gasteiger partial charge in [0.25, 0.3) is 0 Å². The van der Waals surface area contributed by atoms with Crippen LogP contribution in [0.2, 0.25) is 0 Å². The number of benzene rings is 2. The van der Waals surface area contributed by atoms with E-state index >= 15 is 0 Å². The number of allylic oxidation sites excluding steroid dienone is 5. The maximum Gasteiger partial charge on any atom is 0.237 e. The van der Waals surface area contributed by atoms with E-state index < -0.39 is 16.9 Å². The van der Waals surface area contributed by atoms with Crippen molar-refractivity contribution in [3.63, 3.8) is 0 Å². The molecule has 0 aromatic heterocycles. The molecule has 3 aliphatic rings. The molecular weight excluding hydrogens is 459 g/mol. The molecular formula is C31H32BN2O3+. The molecule has 37 heavy (non-hydrogen) atoms. The summed E-state index contributed by atoms with van der Waals surface area (Å²) in [6.45, 7) is 6.25. The first-order valence-corrected chi connectivity index (χ1v) is 13.0. The lowest BCUT2D eigenvalue weighted by Crippen LogP contribution is -2.34. The highest BCUT2D eigenvalue weighted by molar-refractivity contribution is 6.54. The molecule has 1 aliphatic carbocycles. The second-order valence-electron chi connectivity index (χ2n) is 10.2. The van der Waals surface area contributed by atoms with E-state index in [1.165, 1.54) is 5.56 Å². The largest absolute Gasteiger partial charge is 0.506 e. The fourth-order valence-electron chi connectivity index (χ4n) is 6.44. The van der Waals surface area contributed by atoms with Gasteiger partial charge in [-0.2, -0.15) is 4.58 Å². The Morgan fingerprint density at radius 2 is 1.54 bits per heavy atom. The smallest absolute Gasteiger partial charge is 0.237 e. The summed E-state index contributed by atoms with van der Waals surface area (Å²) in [5, 5.41) is 10.5. The number of ketones is 2. The SMILES string of the molecule is [B]C1(CC)C(/C=C2\C(=O)C(=O)C(/C=C3\N(C)c4ccccc4C3(CC)CC)=C2O)=[N+](C)c2ccccc21. The lowest BCUT2D eigenvalue weighted by Gasteiger charge is -2.31. The van der Waals surface area contributed by atoms with E-state index in [9.17, 15) is 14.7 Å². The zero-order valence-electron chi connectivity index (χ0n) is 22.1. The number of carbonyl (C=O) groups is 2. The topological polar surface area (TPSA) is 60.6 Å². The highest BCUT2D eigenvalue weighted by Crippen LogP contribution is 2.52. The van der Waals surface area contributed by atoms with Crippen LogP contribution in [-0.2, 0) is 20.3 Å². The lowest BCUT2D eigenvalue weighted by molar-refractivity contribution is -0.401. The standard InChI is InChI=1S/C31H31BN2O3/c1-6-30(7-2)21-13-9-11-15-23(21)33(4)25(30)17-19-27(35)20(29(37)28(19)36)18-26-31(32,8-3)22-14-10-12-16-24(22)34(26)5/h9-18H,6-8H2,1-5H3/p+1. The molecule has 5 rings (SSSR count). The molecule has 0 saturated heterocycles. The van der Waals surface area contributed by atoms with Crippen molar-refractivity contribution in [3.8, 4) is 0 Å². The van der Waals surface area contributed by atoms with Crippen LogP contribution in [0.3, 0.4) is 0 Å². The minimum atomic E-state index is -0.837. The summed E-state index contributed by atoms with van der Waals surface area (Å²) in [6, 6.07) is 16.1. The van der Waals surface area contributed by atoms with E-state index in [1.807, 2.05) is 62.0 Å². The van der Waals surface area contributed by atoms with Crippen LogP contribution in [0.15, 0.2) is 83.3 Å². The fraction of sp³-hybridized carbons (Fsp3) is 0.323. The Balaban J connectivity index is 1.66. The summed E-state index contributed by atoms with van der Waals surface area (Å²) in [5.41, 5.74) is 5.46. The van der Waals surface area contributed by atoms with Crippen LogP contribution in [0.5, 0.6) is 0 Å². The summed E-state index contributed by atoms with van der Waals surface area (Å²) < 4.78 is 1.94. The number of rotatable bonds is 5. The third-order valence-electron chi connectivity index (χ3n) is 8.73. The summed E-state index contributed by atoms with van der Waals surface area (Å²) in [7, 11) is 10.7. The Bertz CT molecular complexity index is 1470. The number of carbonyl (C=O) groups excluding carboxylic acids is 2. The number of para-hydroxylation sites is 2. The van der Waals surface area contributed by atoms with E-state index in [2.05, 4.69) is 30.9 Å². The van der Waals surface area contributed by atoms with Gasteiger partial charge < -0.3 is 10.0 Å². The Labute approximate surface area is 219 Å². The molecule has 2 aromatic carbocycles. The number of Topliss-reactive ketones (excluding diaryl/α,β-unsaturated/α-hetero) is 2. The molecule has 0 bridgehead atoms. The molecule has 2 aromatic rings. The second-order valence-corrected chi connectivity index (χ2v) is 10.2. The van der Waals surface area contributed by atoms with Crippen LogP contribution in [0.1, 0.15) is 51.2 Å². The first-order chi connectivity index (χ1) is 17.7. The second kappa shape index (κ2) is 8.72. The number of hydrogen-bond acceptors (Lipinski definition) is 4. The average Bonchev–Trinajstić information content (AvgIpc) is 3.38. The molecule has 1 unspecified atom stereocenters. The number of likely N-dealkylation sites (N-methyl/N-ethyl adjacent to an activating group) is 1. The molecule has 0 fully saturated rings. The maximum atomic E-state index is 13.3. The van der Waals surface area contributed by atoms with Crippen molar-refractivity contribution in [2.75, 3.05) is 19.0 Å². The normalized spacial score (nSPS) is 24.6. The number of anilines is 1. The van der Waals surface area contributed by atoms with Crippen LogP contribution < -0.4 is 4.90 Å². The van der Waals surface area contributed by atoms with Crippen molar-refractivity contribution in [1.82, 2.24) is 0 Å². The number of nitrogens with zero attached hydrogens (tertiary/aromatic N) is 2.